The van der Waals surface area contributed by atoms with Gasteiger partial charge in [0.15, 0.2) is 0 Å². The molecule has 0 atom stereocenters. The second-order valence-corrected chi connectivity index (χ2v) is 3.99. The van der Waals surface area contributed by atoms with E-state index in [0.717, 1.165) is 6.42 Å². The van der Waals surface area contributed by atoms with E-state index in [2.05, 4.69) is 5.32 Å². The number of alkyl halides is 2. The molecule has 1 heterocycles. The van der Waals surface area contributed by atoms with E-state index in [9.17, 15) is 18.4 Å². The van der Waals surface area contributed by atoms with Gasteiger partial charge in [-0.1, -0.05) is 0 Å². The fourth-order valence-corrected chi connectivity index (χ4v) is 1.84. The number of halogens is 2. The Kier molecular flexibility index (Phi) is 3.55. The number of nitrogens with one attached hydrogen (secondary N) is 1. The molecule has 1 aromatic carbocycles. The Morgan fingerprint density at radius 1 is 1.28 bits per heavy atom. The van der Waals surface area contributed by atoms with Crippen molar-refractivity contribution in [1.29, 1.82) is 0 Å². The van der Waals surface area contributed by atoms with E-state index in [4.69, 9.17) is 0 Å². The molecule has 2 rings (SSSR count). The third-order valence-corrected chi connectivity index (χ3v) is 2.72. The van der Waals surface area contributed by atoms with Gasteiger partial charge in [0.1, 0.15) is 0 Å². The Balaban J connectivity index is 2.06. The molecule has 0 spiro atoms. The minimum absolute atomic E-state index is 0.0550. The number of carbonyl (C=O) groups excluding carboxylic acids is 2. The summed E-state index contributed by atoms with van der Waals surface area (Å²) < 4.78 is 24.1. The number of anilines is 2. The Morgan fingerprint density at radius 2 is 1.94 bits per heavy atom. The summed E-state index contributed by atoms with van der Waals surface area (Å²) in [4.78, 5) is 23.9. The number of benzene rings is 1. The van der Waals surface area contributed by atoms with Crippen molar-refractivity contribution in [2.24, 2.45) is 0 Å². The second-order valence-electron chi connectivity index (χ2n) is 3.99. The zero-order chi connectivity index (χ0) is 13.1. The number of nitrogens with zero attached hydrogens (tertiary/aromatic N) is 1. The molecule has 0 aliphatic carbocycles. The monoisotopic (exact) mass is 254 g/mol. The molecule has 0 saturated carbocycles. The van der Waals surface area contributed by atoms with Crippen LogP contribution in [0.2, 0.25) is 0 Å². The number of hydrogen-bond donors (Lipinski definition) is 1. The number of hydrogen-bond acceptors (Lipinski definition) is 2. The molecule has 1 fully saturated rings. The number of carbonyl (C=O) groups is 2. The van der Waals surface area contributed by atoms with Gasteiger partial charge in [-0.25, -0.2) is 0 Å². The van der Waals surface area contributed by atoms with Gasteiger partial charge in [0, 0.05) is 24.3 Å². The van der Waals surface area contributed by atoms with E-state index >= 15 is 0 Å². The van der Waals surface area contributed by atoms with Crippen LogP contribution in [0.25, 0.3) is 0 Å². The van der Waals surface area contributed by atoms with Gasteiger partial charge in [-0.3, -0.25) is 9.59 Å². The maximum atomic E-state index is 12.0. The zero-order valence-electron chi connectivity index (χ0n) is 9.53. The molecule has 1 saturated heterocycles. The van der Waals surface area contributed by atoms with Crippen molar-refractivity contribution >= 4 is 23.2 Å². The standard InChI is InChI=1S/C12H12F2N2O2/c13-11(14)12(18)15-8-3-5-9(6-4-8)16-7-1-2-10(16)17/h3-6,11H,1-2,7H2,(H,15,18). The van der Waals surface area contributed by atoms with Gasteiger partial charge in [-0.15, -0.1) is 0 Å². The summed E-state index contributed by atoms with van der Waals surface area (Å²) in [5.41, 5.74) is 1.00. The minimum Gasteiger partial charge on any atom is -0.321 e. The lowest BCUT2D eigenvalue weighted by molar-refractivity contribution is -0.126. The van der Waals surface area contributed by atoms with Gasteiger partial charge in [0.2, 0.25) is 5.91 Å². The van der Waals surface area contributed by atoms with Crippen LogP contribution in [0.3, 0.4) is 0 Å². The van der Waals surface area contributed by atoms with Crippen LogP contribution in [0.15, 0.2) is 24.3 Å². The molecule has 0 bridgehead atoms. The van der Waals surface area contributed by atoms with Crippen molar-refractivity contribution in [3.05, 3.63) is 24.3 Å². The summed E-state index contributed by atoms with van der Waals surface area (Å²) in [6, 6.07) is 6.26. The van der Waals surface area contributed by atoms with Crippen LogP contribution in [-0.4, -0.2) is 24.8 Å². The Labute approximate surface area is 103 Å². The third kappa shape index (κ3) is 2.64. The van der Waals surface area contributed by atoms with Gasteiger partial charge in [0.05, 0.1) is 0 Å². The molecule has 2 amide bonds. The predicted octanol–water partition coefficient (Wildman–Crippen LogP) is 2.02. The van der Waals surface area contributed by atoms with Crippen LogP contribution < -0.4 is 10.2 Å². The Bertz CT molecular complexity index is 460. The SMILES string of the molecule is O=C(Nc1ccc(N2CCCC2=O)cc1)C(F)F. The van der Waals surface area contributed by atoms with Crippen molar-refractivity contribution < 1.29 is 18.4 Å². The van der Waals surface area contributed by atoms with E-state index in [0.29, 0.717) is 18.7 Å². The zero-order valence-corrected chi connectivity index (χ0v) is 9.53. The van der Waals surface area contributed by atoms with Crippen LogP contribution in [0.4, 0.5) is 20.2 Å². The van der Waals surface area contributed by atoms with Gasteiger partial charge in [0.25, 0.3) is 5.91 Å². The molecule has 0 radical (unpaired) electrons. The fraction of sp³-hybridized carbons (Fsp3) is 0.333. The molecular weight excluding hydrogens is 242 g/mol. The number of rotatable bonds is 3. The lowest BCUT2D eigenvalue weighted by atomic mass is 10.2. The summed E-state index contributed by atoms with van der Waals surface area (Å²) in [6.07, 6.45) is -1.68. The molecule has 96 valence electrons. The third-order valence-electron chi connectivity index (χ3n) is 2.72. The van der Waals surface area contributed by atoms with Crippen molar-refractivity contribution in [3.8, 4) is 0 Å². The molecule has 1 aliphatic heterocycles. The summed E-state index contributed by atoms with van der Waals surface area (Å²) in [6.45, 7) is 0.668. The highest BCUT2D eigenvalue weighted by Crippen LogP contribution is 2.23. The first-order valence-corrected chi connectivity index (χ1v) is 5.57. The topological polar surface area (TPSA) is 49.4 Å². The van der Waals surface area contributed by atoms with E-state index in [1.165, 1.54) is 12.1 Å². The first-order chi connectivity index (χ1) is 8.58. The van der Waals surface area contributed by atoms with Crippen LogP contribution in [0, 0.1) is 0 Å². The molecule has 1 N–H and O–H groups in total. The molecule has 1 aliphatic rings. The molecule has 4 nitrogen and oxygen atoms in total. The second kappa shape index (κ2) is 5.12. The van der Waals surface area contributed by atoms with E-state index in [1.54, 1.807) is 17.0 Å². The highest BCUT2D eigenvalue weighted by Gasteiger charge is 2.21. The van der Waals surface area contributed by atoms with Crippen LogP contribution in [-0.2, 0) is 9.59 Å². The summed E-state index contributed by atoms with van der Waals surface area (Å²) in [5.74, 6) is -1.28. The maximum Gasteiger partial charge on any atom is 0.315 e. The summed E-state index contributed by atoms with van der Waals surface area (Å²) >= 11 is 0. The minimum atomic E-state index is -3.04. The molecule has 0 unspecified atom stereocenters. The van der Waals surface area contributed by atoms with Gasteiger partial charge in [-0.2, -0.15) is 8.78 Å². The molecule has 1 aromatic rings. The van der Waals surface area contributed by atoms with E-state index in [1.807, 2.05) is 0 Å². The van der Waals surface area contributed by atoms with E-state index < -0.39 is 12.3 Å². The van der Waals surface area contributed by atoms with Crippen molar-refractivity contribution in [1.82, 2.24) is 0 Å². The molecule has 6 heteroatoms. The first kappa shape index (κ1) is 12.5. The average Bonchev–Trinajstić information content (AvgIpc) is 2.76. The highest BCUT2D eigenvalue weighted by molar-refractivity contribution is 5.96. The van der Waals surface area contributed by atoms with Crippen molar-refractivity contribution in [2.75, 3.05) is 16.8 Å². The Hall–Kier alpha value is -1.98. The molecule has 18 heavy (non-hydrogen) atoms. The lowest BCUT2D eigenvalue weighted by Gasteiger charge is -2.16. The smallest absolute Gasteiger partial charge is 0.315 e. The Morgan fingerprint density at radius 3 is 2.44 bits per heavy atom. The number of amides is 2. The summed E-state index contributed by atoms with van der Waals surface area (Å²) in [5, 5.41) is 2.08. The summed E-state index contributed by atoms with van der Waals surface area (Å²) in [7, 11) is 0. The van der Waals surface area contributed by atoms with Crippen LogP contribution >= 0.6 is 0 Å². The molecule has 0 aromatic heterocycles. The van der Waals surface area contributed by atoms with Crippen molar-refractivity contribution in [2.45, 2.75) is 19.3 Å². The van der Waals surface area contributed by atoms with Gasteiger partial charge in [-0.05, 0) is 30.7 Å². The molecular formula is C12H12F2N2O2. The largest absolute Gasteiger partial charge is 0.321 e. The normalized spacial score (nSPS) is 15.3. The van der Waals surface area contributed by atoms with Gasteiger partial charge < -0.3 is 10.2 Å². The van der Waals surface area contributed by atoms with E-state index in [-0.39, 0.29) is 11.6 Å². The fourth-order valence-electron chi connectivity index (χ4n) is 1.84. The lowest BCUT2D eigenvalue weighted by Crippen LogP contribution is -2.23. The first-order valence-electron chi connectivity index (χ1n) is 5.57. The predicted molar refractivity (Wildman–Crippen MR) is 62.7 cm³/mol. The average molecular weight is 254 g/mol. The van der Waals surface area contributed by atoms with Crippen LogP contribution in [0.1, 0.15) is 12.8 Å². The quantitative estimate of drug-likeness (QED) is 0.897. The highest BCUT2D eigenvalue weighted by atomic mass is 19.3. The van der Waals surface area contributed by atoms with Crippen LogP contribution in [0.5, 0.6) is 0 Å². The van der Waals surface area contributed by atoms with Gasteiger partial charge >= 0.3 is 6.43 Å². The van der Waals surface area contributed by atoms with Crippen molar-refractivity contribution in [3.63, 3.8) is 0 Å². The maximum absolute atomic E-state index is 12.0.